The molecule has 0 bridgehead atoms. The summed E-state index contributed by atoms with van der Waals surface area (Å²) in [5, 5.41) is 3.38. The van der Waals surface area contributed by atoms with Gasteiger partial charge in [0.1, 0.15) is 10.3 Å². The van der Waals surface area contributed by atoms with Gasteiger partial charge in [0.25, 0.3) is 5.91 Å². The quantitative estimate of drug-likeness (QED) is 0.869. The third kappa shape index (κ3) is 4.33. The molecular weight excluding hydrogens is 297 g/mol. The van der Waals surface area contributed by atoms with Crippen LogP contribution in [0.5, 0.6) is 0 Å². The predicted molar refractivity (Wildman–Crippen MR) is 81.5 cm³/mol. The van der Waals surface area contributed by atoms with E-state index in [1.165, 1.54) is 19.3 Å². The first kappa shape index (κ1) is 15.5. The van der Waals surface area contributed by atoms with E-state index in [1.807, 2.05) is 6.92 Å². The second kappa shape index (κ2) is 7.25. The number of likely N-dealkylation sites (tertiary alicyclic amines) is 1. The molecule has 1 unspecified atom stereocenters. The molecule has 0 aromatic carbocycles. The summed E-state index contributed by atoms with van der Waals surface area (Å²) >= 11 is 11.7. The number of nitrogens with zero attached hydrogens (tertiary/aromatic N) is 2. The van der Waals surface area contributed by atoms with E-state index >= 15 is 0 Å². The van der Waals surface area contributed by atoms with Gasteiger partial charge in [-0.05, 0) is 45.0 Å². The second-order valence-corrected chi connectivity index (χ2v) is 5.95. The molecule has 1 aliphatic heterocycles. The summed E-state index contributed by atoms with van der Waals surface area (Å²) in [6.45, 7) is 5.10. The van der Waals surface area contributed by atoms with Crippen molar-refractivity contribution in [3.63, 3.8) is 0 Å². The van der Waals surface area contributed by atoms with Gasteiger partial charge in [-0.2, -0.15) is 0 Å². The lowest BCUT2D eigenvalue weighted by molar-refractivity contribution is 0.0925. The second-order valence-electron chi connectivity index (χ2n) is 5.21. The standard InChI is InChI=1S/C14H19Cl2N3O/c1-10(9-19-7-3-2-4-8-19)17-14(20)11-5-6-12(15)18-13(11)16/h5-6,10H,2-4,7-9H2,1H3,(H,17,20). The highest BCUT2D eigenvalue weighted by atomic mass is 35.5. The minimum absolute atomic E-state index is 0.0762. The van der Waals surface area contributed by atoms with E-state index in [-0.39, 0.29) is 22.3 Å². The molecule has 110 valence electrons. The first-order valence-electron chi connectivity index (χ1n) is 6.91. The largest absolute Gasteiger partial charge is 0.348 e. The zero-order valence-corrected chi connectivity index (χ0v) is 13.0. The Morgan fingerprint density at radius 3 is 2.70 bits per heavy atom. The SMILES string of the molecule is CC(CN1CCCCC1)NC(=O)c1ccc(Cl)nc1Cl. The highest BCUT2D eigenvalue weighted by Crippen LogP contribution is 2.16. The van der Waals surface area contributed by atoms with Gasteiger partial charge in [0.2, 0.25) is 0 Å². The summed E-state index contributed by atoms with van der Waals surface area (Å²) in [7, 11) is 0. The van der Waals surface area contributed by atoms with Crippen molar-refractivity contribution in [3.05, 3.63) is 28.0 Å². The van der Waals surface area contributed by atoms with Gasteiger partial charge in [0.05, 0.1) is 5.56 Å². The summed E-state index contributed by atoms with van der Waals surface area (Å²) < 4.78 is 0. The van der Waals surface area contributed by atoms with E-state index in [0.717, 1.165) is 19.6 Å². The highest BCUT2D eigenvalue weighted by Gasteiger charge is 2.17. The van der Waals surface area contributed by atoms with Crippen LogP contribution in [0.2, 0.25) is 10.3 Å². The molecule has 0 aliphatic carbocycles. The molecule has 1 aliphatic rings. The van der Waals surface area contributed by atoms with Crippen LogP contribution >= 0.6 is 23.2 Å². The first-order chi connectivity index (χ1) is 9.56. The molecule has 0 saturated carbocycles. The predicted octanol–water partition coefficient (Wildman–Crippen LogP) is 2.99. The Labute approximate surface area is 129 Å². The summed E-state index contributed by atoms with van der Waals surface area (Å²) in [6.07, 6.45) is 3.80. The summed E-state index contributed by atoms with van der Waals surface area (Å²) in [5.74, 6) is -0.205. The Balaban J connectivity index is 1.89. The van der Waals surface area contributed by atoms with Crippen molar-refractivity contribution in [2.75, 3.05) is 19.6 Å². The van der Waals surface area contributed by atoms with Gasteiger partial charge in [-0.1, -0.05) is 29.6 Å². The molecule has 1 N–H and O–H groups in total. The number of halogens is 2. The van der Waals surface area contributed by atoms with Gasteiger partial charge < -0.3 is 10.2 Å². The number of hydrogen-bond donors (Lipinski definition) is 1. The number of nitrogens with one attached hydrogen (secondary N) is 1. The summed E-state index contributed by atoms with van der Waals surface area (Å²) in [4.78, 5) is 18.4. The third-order valence-corrected chi connectivity index (χ3v) is 3.92. The van der Waals surface area contributed by atoms with Crippen molar-refractivity contribution >= 4 is 29.1 Å². The number of carbonyl (C=O) groups is 1. The van der Waals surface area contributed by atoms with Gasteiger partial charge in [-0.25, -0.2) is 4.98 Å². The molecule has 1 aromatic rings. The van der Waals surface area contributed by atoms with Gasteiger partial charge >= 0.3 is 0 Å². The molecule has 20 heavy (non-hydrogen) atoms. The maximum atomic E-state index is 12.1. The molecule has 0 radical (unpaired) electrons. The van der Waals surface area contributed by atoms with E-state index in [2.05, 4.69) is 15.2 Å². The van der Waals surface area contributed by atoms with Crippen molar-refractivity contribution in [1.82, 2.24) is 15.2 Å². The van der Waals surface area contributed by atoms with Crippen LogP contribution in [0.4, 0.5) is 0 Å². The normalized spacial score (nSPS) is 17.8. The Hall–Kier alpha value is -0.840. The minimum atomic E-state index is -0.205. The number of aromatic nitrogens is 1. The summed E-state index contributed by atoms with van der Waals surface area (Å²) in [6, 6.07) is 3.24. The van der Waals surface area contributed by atoms with Crippen molar-refractivity contribution in [3.8, 4) is 0 Å². The monoisotopic (exact) mass is 315 g/mol. The van der Waals surface area contributed by atoms with Crippen molar-refractivity contribution in [2.24, 2.45) is 0 Å². The Bertz CT molecular complexity index is 475. The van der Waals surface area contributed by atoms with Gasteiger partial charge in [-0.3, -0.25) is 4.79 Å². The zero-order valence-electron chi connectivity index (χ0n) is 11.5. The number of rotatable bonds is 4. The smallest absolute Gasteiger partial charge is 0.254 e. The number of hydrogen-bond acceptors (Lipinski definition) is 3. The van der Waals surface area contributed by atoms with Crippen LogP contribution in [0, 0.1) is 0 Å². The van der Waals surface area contributed by atoms with Gasteiger partial charge in [-0.15, -0.1) is 0 Å². The molecule has 1 amide bonds. The van der Waals surface area contributed by atoms with E-state index in [9.17, 15) is 4.79 Å². The van der Waals surface area contributed by atoms with Crippen LogP contribution in [0.3, 0.4) is 0 Å². The van der Waals surface area contributed by atoms with E-state index < -0.39 is 0 Å². The van der Waals surface area contributed by atoms with Crippen LogP contribution in [0.15, 0.2) is 12.1 Å². The number of pyridine rings is 1. The maximum absolute atomic E-state index is 12.1. The van der Waals surface area contributed by atoms with Crippen LogP contribution in [0.25, 0.3) is 0 Å². The number of piperidine rings is 1. The lowest BCUT2D eigenvalue weighted by Crippen LogP contribution is -2.43. The van der Waals surface area contributed by atoms with Crippen LogP contribution in [-0.2, 0) is 0 Å². The van der Waals surface area contributed by atoms with Gasteiger partial charge in [0.15, 0.2) is 0 Å². The third-order valence-electron chi connectivity index (χ3n) is 3.42. The molecule has 1 saturated heterocycles. The zero-order chi connectivity index (χ0) is 14.5. The fourth-order valence-corrected chi connectivity index (χ4v) is 2.89. The lowest BCUT2D eigenvalue weighted by atomic mass is 10.1. The molecule has 2 heterocycles. The Morgan fingerprint density at radius 1 is 1.35 bits per heavy atom. The van der Waals surface area contributed by atoms with Crippen molar-refractivity contribution < 1.29 is 4.79 Å². The fraction of sp³-hybridized carbons (Fsp3) is 0.571. The van der Waals surface area contributed by atoms with Crippen molar-refractivity contribution in [1.29, 1.82) is 0 Å². The average Bonchev–Trinajstić information content (AvgIpc) is 2.39. The van der Waals surface area contributed by atoms with Crippen LogP contribution < -0.4 is 5.32 Å². The molecular formula is C14H19Cl2N3O. The van der Waals surface area contributed by atoms with Gasteiger partial charge in [0, 0.05) is 12.6 Å². The molecule has 4 nitrogen and oxygen atoms in total. The van der Waals surface area contributed by atoms with Crippen LogP contribution in [0.1, 0.15) is 36.5 Å². The Morgan fingerprint density at radius 2 is 2.05 bits per heavy atom. The summed E-state index contributed by atoms with van der Waals surface area (Å²) in [5.41, 5.74) is 0.363. The molecule has 1 atom stereocenters. The average molecular weight is 316 g/mol. The number of amides is 1. The fourth-order valence-electron chi connectivity index (χ4n) is 2.46. The molecule has 1 aromatic heterocycles. The topological polar surface area (TPSA) is 45.2 Å². The maximum Gasteiger partial charge on any atom is 0.254 e. The van der Waals surface area contributed by atoms with E-state index in [0.29, 0.717) is 5.56 Å². The molecule has 0 spiro atoms. The molecule has 6 heteroatoms. The highest BCUT2D eigenvalue weighted by molar-refractivity contribution is 6.34. The van der Waals surface area contributed by atoms with E-state index in [4.69, 9.17) is 23.2 Å². The van der Waals surface area contributed by atoms with E-state index in [1.54, 1.807) is 12.1 Å². The van der Waals surface area contributed by atoms with Crippen LogP contribution in [-0.4, -0.2) is 41.5 Å². The number of carbonyl (C=O) groups excluding carboxylic acids is 1. The molecule has 2 rings (SSSR count). The Kier molecular flexibility index (Phi) is 5.64. The first-order valence-corrected chi connectivity index (χ1v) is 7.67. The van der Waals surface area contributed by atoms with Crippen molar-refractivity contribution in [2.45, 2.75) is 32.2 Å². The lowest BCUT2D eigenvalue weighted by Gasteiger charge is -2.29. The molecule has 1 fully saturated rings. The minimum Gasteiger partial charge on any atom is -0.348 e.